The molecule has 0 bridgehead atoms. The van der Waals surface area contributed by atoms with E-state index in [1.165, 1.54) is 12.0 Å². The summed E-state index contributed by atoms with van der Waals surface area (Å²) in [5.74, 6) is 1.17. The van der Waals surface area contributed by atoms with Crippen molar-refractivity contribution in [3.63, 3.8) is 0 Å². The minimum absolute atomic E-state index is 0.570. The van der Waals surface area contributed by atoms with Crippen molar-refractivity contribution in [1.29, 1.82) is 0 Å². The fourth-order valence-electron chi connectivity index (χ4n) is 1.01. The van der Waals surface area contributed by atoms with Crippen LogP contribution in [-0.4, -0.2) is 19.1 Å². The van der Waals surface area contributed by atoms with E-state index in [1.807, 2.05) is 6.08 Å². The number of ether oxygens (including phenoxy) is 1. The van der Waals surface area contributed by atoms with Gasteiger partial charge in [-0.05, 0) is 25.7 Å². The lowest BCUT2D eigenvalue weighted by molar-refractivity contribution is 0.179. The fourth-order valence-corrected chi connectivity index (χ4v) is 1.12. The van der Waals surface area contributed by atoms with Gasteiger partial charge in [0.25, 0.3) is 0 Å². The van der Waals surface area contributed by atoms with Gasteiger partial charge in [-0.15, -0.1) is 18.2 Å². The van der Waals surface area contributed by atoms with Crippen molar-refractivity contribution >= 4 is 11.6 Å². The van der Waals surface area contributed by atoms with E-state index in [0.717, 1.165) is 6.42 Å². The first-order chi connectivity index (χ1) is 6.70. The van der Waals surface area contributed by atoms with Crippen molar-refractivity contribution in [2.24, 2.45) is 5.92 Å². The maximum atomic E-state index is 5.48. The summed E-state index contributed by atoms with van der Waals surface area (Å²) >= 11 is 5.48. The Bertz CT molecular complexity index is 175. The van der Waals surface area contributed by atoms with Crippen molar-refractivity contribution < 1.29 is 4.74 Å². The SMILES string of the molecule is C=CC(C)CCC(C)=CCOCCCl. The molecule has 0 saturated carbocycles. The van der Waals surface area contributed by atoms with Gasteiger partial charge in [0, 0.05) is 5.88 Å². The topological polar surface area (TPSA) is 9.23 Å². The van der Waals surface area contributed by atoms with E-state index in [1.54, 1.807) is 0 Å². The molecule has 0 spiro atoms. The predicted octanol–water partition coefficient (Wildman–Crippen LogP) is 3.79. The summed E-state index contributed by atoms with van der Waals surface area (Å²) in [7, 11) is 0. The summed E-state index contributed by atoms with van der Waals surface area (Å²) in [4.78, 5) is 0. The van der Waals surface area contributed by atoms with E-state index in [0.29, 0.717) is 25.0 Å². The highest BCUT2D eigenvalue weighted by atomic mass is 35.5. The van der Waals surface area contributed by atoms with Gasteiger partial charge in [-0.3, -0.25) is 0 Å². The standard InChI is InChI=1S/C12H21ClO/c1-4-11(2)5-6-12(3)7-9-14-10-8-13/h4,7,11H,1,5-6,8-10H2,2-3H3. The van der Waals surface area contributed by atoms with E-state index < -0.39 is 0 Å². The molecule has 0 amide bonds. The third kappa shape index (κ3) is 8.33. The Kier molecular flexibility index (Phi) is 9.11. The van der Waals surface area contributed by atoms with Crippen LogP contribution in [0.5, 0.6) is 0 Å². The first-order valence-electron chi connectivity index (χ1n) is 5.12. The second kappa shape index (κ2) is 9.29. The molecule has 1 nitrogen and oxygen atoms in total. The van der Waals surface area contributed by atoms with Crippen molar-refractivity contribution in [3.05, 3.63) is 24.3 Å². The lowest BCUT2D eigenvalue weighted by Gasteiger charge is -2.05. The molecule has 0 radical (unpaired) electrons. The van der Waals surface area contributed by atoms with E-state index >= 15 is 0 Å². The molecule has 0 rings (SSSR count). The van der Waals surface area contributed by atoms with Gasteiger partial charge in [-0.1, -0.05) is 24.6 Å². The zero-order valence-corrected chi connectivity index (χ0v) is 10.0. The summed E-state index contributed by atoms with van der Waals surface area (Å²) in [5.41, 5.74) is 1.38. The van der Waals surface area contributed by atoms with Crippen LogP contribution in [-0.2, 0) is 4.74 Å². The third-order valence-corrected chi connectivity index (χ3v) is 2.32. The lowest BCUT2D eigenvalue weighted by Crippen LogP contribution is -1.96. The van der Waals surface area contributed by atoms with Crippen LogP contribution in [0.2, 0.25) is 0 Å². The maximum Gasteiger partial charge on any atom is 0.0650 e. The number of allylic oxidation sites excluding steroid dienone is 2. The number of hydrogen-bond acceptors (Lipinski definition) is 1. The Morgan fingerprint density at radius 3 is 2.86 bits per heavy atom. The molecule has 0 aliphatic carbocycles. The average Bonchev–Trinajstić information content (AvgIpc) is 2.21. The molecule has 14 heavy (non-hydrogen) atoms. The summed E-state index contributed by atoms with van der Waals surface area (Å²) in [6.45, 7) is 9.40. The van der Waals surface area contributed by atoms with Crippen molar-refractivity contribution in [1.82, 2.24) is 0 Å². The van der Waals surface area contributed by atoms with Crippen molar-refractivity contribution in [2.45, 2.75) is 26.7 Å². The molecular weight excluding hydrogens is 196 g/mol. The zero-order valence-electron chi connectivity index (χ0n) is 9.26. The monoisotopic (exact) mass is 216 g/mol. The fraction of sp³-hybridized carbons (Fsp3) is 0.667. The van der Waals surface area contributed by atoms with Gasteiger partial charge >= 0.3 is 0 Å². The van der Waals surface area contributed by atoms with Crippen LogP contribution in [0.1, 0.15) is 26.7 Å². The molecule has 0 saturated heterocycles. The normalized spacial score (nSPS) is 14.1. The Morgan fingerprint density at radius 2 is 2.29 bits per heavy atom. The molecule has 0 aliphatic rings. The molecule has 1 atom stereocenters. The maximum absolute atomic E-state index is 5.48. The predicted molar refractivity (Wildman–Crippen MR) is 63.9 cm³/mol. The molecule has 0 fully saturated rings. The Hall–Kier alpha value is -0.270. The summed E-state index contributed by atoms with van der Waals surface area (Å²) in [5, 5.41) is 0. The van der Waals surface area contributed by atoms with Gasteiger partial charge in [-0.2, -0.15) is 0 Å². The molecule has 0 aromatic heterocycles. The van der Waals surface area contributed by atoms with Gasteiger partial charge < -0.3 is 4.74 Å². The van der Waals surface area contributed by atoms with E-state index in [2.05, 4.69) is 26.5 Å². The van der Waals surface area contributed by atoms with Crippen LogP contribution in [0.3, 0.4) is 0 Å². The second-order valence-corrected chi connectivity index (χ2v) is 3.94. The molecule has 1 unspecified atom stereocenters. The Morgan fingerprint density at radius 1 is 1.57 bits per heavy atom. The van der Waals surface area contributed by atoms with Gasteiger partial charge in [0.2, 0.25) is 0 Å². The van der Waals surface area contributed by atoms with Crippen LogP contribution in [0.15, 0.2) is 24.3 Å². The van der Waals surface area contributed by atoms with Crippen LogP contribution in [0.25, 0.3) is 0 Å². The summed E-state index contributed by atoms with van der Waals surface area (Å²) in [6.07, 6.45) is 6.42. The van der Waals surface area contributed by atoms with Crippen LogP contribution in [0, 0.1) is 5.92 Å². The highest BCUT2D eigenvalue weighted by molar-refractivity contribution is 6.17. The molecule has 0 heterocycles. The average molecular weight is 217 g/mol. The number of rotatable bonds is 8. The second-order valence-electron chi connectivity index (χ2n) is 3.57. The van der Waals surface area contributed by atoms with E-state index in [9.17, 15) is 0 Å². The van der Waals surface area contributed by atoms with Gasteiger partial charge in [0.1, 0.15) is 0 Å². The van der Waals surface area contributed by atoms with Gasteiger partial charge in [0.15, 0.2) is 0 Å². The largest absolute Gasteiger partial charge is 0.376 e. The highest BCUT2D eigenvalue weighted by Gasteiger charge is 1.96. The molecule has 2 heteroatoms. The Labute approximate surface area is 92.8 Å². The summed E-state index contributed by atoms with van der Waals surface area (Å²) < 4.78 is 5.26. The number of halogens is 1. The quantitative estimate of drug-likeness (QED) is 0.341. The lowest BCUT2D eigenvalue weighted by atomic mass is 10.0. The Balaban J connectivity index is 3.51. The zero-order chi connectivity index (χ0) is 10.8. The molecule has 0 aromatic rings. The number of hydrogen-bond donors (Lipinski definition) is 0. The van der Waals surface area contributed by atoms with Gasteiger partial charge in [-0.25, -0.2) is 0 Å². The molecule has 0 N–H and O–H groups in total. The first kappa shape index (κ1) is 13.7. The highest BCUT2D eigenvalue weighted by Crippen LogP contribution is 2.11. The minimum Gasteiger partial charge on any atom is -0.376 e. The van der Waals surface area contributed by atoms with Gasteiger partial charge in [0.05, 0.1) is 13.2 Å². The molecule has 82 valence electrons. The molecular formula is C12H21ClO. The van der Waals surface area contributed by atoms with E-state index in [-0.39, 0.29) is 0 Å². The van der Waals surface area contributed by atoms with E-state index in [4.69, 9.17) is 16.3 Å². The first-order valence-corrected chi connectivity index (χ1v) is 5.66. The van der Waals surface area contributed by atoms with Crippen LogP contribution < -0.4 is 0 Å². The van der Waals surface area contributed by atoms with Crippen LogP contribution in [0.4, 0.5) is 0 Å². The van der Waals surface area contributed by atoms with Crippen LogP contribution >= 0.6 is 11.6 Å². The van der Waals surface area contributed by atoms with Crippen molar-refractivity contribution in [2.75, 3.05) is 19.1 Å². The summed E-state index contributed by atoms with van der Waals surface area (Å²) in [6, 6.07) is 0. The minimum atomic E-state index is 0.570. The third-order valence-electron chi connectivity index (χ3n) is 2.17. The van der Waals surface area contributed by atoms with Crippen molar-refractivity contribution in [3.8, 4) is 0 Å². The molecule has 0 aromatic carbocycles. The smallest absolute Gasteiger partial charge is 0.0650 e. The number of alkyl halides is 1. The molecule has 0 aliphatic heterocycles.